The zero-order chi connectivity index (χ0) is 15.5. The summed E-state index contributed by atoms with van der Waals surface area (Å²) in [6.07, 6.45) is 4.03. The van der Waals surface area contributed by atoms with Crippen LogP contribution in [0.25, 0.3) is 0 Å². The van der Waals surface area contributed by atoms with Crippen molar-refractivity contribution in [2.24, 2.45) is 0 Å². The Hall–Kier alpha value is -1.62. The molecule has 4 nitrogen and oxygen atoms in total. The molecule has 3 rings (SSSR count). The predicted octanol–water partition coefficient (Wildman–Crippen LogP) is 1.52. The van der Waals surface area contributed by atoms with E-state index in [0.29, 0.717) is 12.4 Å². The van der Waals surface area contributed by atoms with Crippen LogP contribution in [0, 0.1) is 6.92 Å². The van der Waals surface area contributed by atoms with E-state index in [2.05, 4.69) is 53.5 Å². The quantitative estimate of drug-likeness (QED) is 0.806. The van der Waals surface area contributed by atoms with E-state index in [0.717, 1.165) is 38.5 Å². The molecule has 1 N–H and O–H groups in total. The maximum absolute atomic E-state index is 6.11. The molecule has 2 heterocycles. The van der Waals surface area contributed by atoms with Crippen LogP contribution < -0.4 is 10.1 Å². The molecule has 0 atom stereocenters. The first-order valence-electron chi connectivity index (χ1n) is 7.98. The van der Waals surface area contributed by atoms with Crippen LogP contribution in [-0.4, -0.2) is 57.1 Å². The van der Waals surface area contributed by atoms with Gasteiger partial charge in [-0.05, 0) is 30.5 Å². The lowest BCUT2D eigenvalue weighted by Crippen LogP contribution is -2.54. The average Bonchev–Trinajstić information content (AvgIpc) is 2.84. The van der Waals surface area contributed by atoms with Crippen molar-refractivity contribution < 1.29 is 4.74 Å². The van der Waals surface area contributed by atoms with Crippen molar-refractivity contribution in [3.63, 3.8) is 0 Å². The van der Waals surface area contributed by atoms with Crippen molar-refractivity contribution >= 4 is 7.85 Å². The Kier molecular flexibility index (Phi) is 4.62. The highest BCUT2D eigenvalue weighted by atomic mass is 16.5. The molecule has 0 unspecified atom stereocenters. The van der Waals surface area contributed by atoms with Gasteiger partial charge in [0.05, 0.1) is 14.5 Å². The predicted molar refractivity (Wildman–Crippen MR) is 90.1 cm³/mol. The zero-order valence-electron chi connectivity index (χ0n) is 13.5. The van der Waals surface area contributed by atoms with Crippen LogP contribution in [0.4, 0.5) is 0 Å². The van der Waals surface area contributed by atoms with Crippen molar-refractivity contribution in [1.82, 2.24) is 15.1 Å². The summed E-state index contributed by atoms with van der Waals surface area (Å²) in [6.45, 7) is 6.01. The van der Waals surface area contributed by atoms with Gasteiger partial charge in [0.2, 0.25) is 0 Å². The summed E-state index contributed by atoms with van der Waals surface area (Å²) in [6, 6.07) is 6.39. The van der Waals surface area contributed by atoms with Crippen molar-refractivity contribution in [3.05, 3.63) is 41.2 Å². The first-order chi connectivity index (χ1) is 10.7. The molecule has 2 aliphatic heterocycles. The number of likely N-dealkylation sites (N-methyl/N-ethyl adjacent to an activating group) is 1. The Bertz CT molecular complexity index is 555. The average molecular weight is 297 g/mol. The van der Waals surface area contributed by atoms with Crippen molar-refractivity contribution in [3.8, 4) is 5.75 Å². The number of ether oxygens (including phenoxy) is 1. The monoisotopic (exact) mass is 297 g/mol. The maximum atomic E-state index is 6.11. The molecule has 22 heavy (non-hydrogen) atoms. The molecule has 1 aromatic carbocycles. The van der Waals surface area contributed by atoms with Gasteiger partial charge in [-0.1, -0.05) is 18.5 Å². The van der Waals surface area contributed by atoms with Gasteiger partial charge in [0.1, 0.15) is 11.9 Å². The summed E-state index contributed by atoms with van der Waals surface area (Å²) in [5.41, 5.74) is 3.83. The molecule has 1 saturated heterocycles. The Labute approximate surface area is 134 Å². The number of nitrogens with zero attached hydrogens (tertiary/aromatic N) is 2. The number of nitrogens with one attached hydrogen (secondary N) is 1. The van der Waals surface area contributed by atoms with Crippen LogP contribution in [0.2, 0.25) is 6.32 Å². The Balaban J connectivity index is 1.48. The van der Waals surface area contributed by atoms with E-state index in [9.17, 15) is 0 Å². The number of rotatable bonds is 6. The van der Waals surface area contributed by atoms with Crippen molar-refractivity contribution in [2.45, 2.75) is 25.8 Å². The summed E-state index contributed by atoms with van der Waals surface area (Å²) in [5.74, 6) is 1.00. The standard InChI is InChI=1S/C17H24BN3O/c1-13-7-14(5-6-18)3-4-17(13)22-16-10-21(11-16)9-15-8-19-12-20(15)2/h3-4,7-8,16,19H,5-6,9-12H2,1-2H3. The largest absolute Gasteiger partial charge is 0.487 e. The third kappa shape index (κ3) is 3.41. The molecule has 116 valence electrons. The van der Waals surface area contributed by atoms with Crippen LogP contribution >= 0.6 is 0 Å². The van der Waals surface area contributed by atoms with E-state index in [-0.39, 0.29) is 0 Å². The van der Waals surface area contributed by atoms with E-state index in [1.807, 2.05) is 0 Å². The van der Waals surface area contributed by atoms with Gasteiger partial charge < -0.3 is 15.0 Å². The maximum Gasteiger partial charge on any atom is 0.124 e. The van der Waals surface area contributed by atoms with E-state index in [1.54, 1.807) is 0 Å². The van der Waals surface area contributed by atoms with Gasteiger partial charge in [-0.3, -0.25) is 4.90 Å². The third-order valence-electron chi connectivity index (χ3n) is 4.36. The molecule has 1 fully saturated rings. The van der Waals surface area contributed by atoms with Gasteiger partial charge >= 0.3 is 0 Å². The lowest BCUT2D eigenvalue weighted by atomic mass is 9.96. The number of hydrogen-bond acceptors (Lipinski definition) is 4. The molecular formula is C17H24BN3O. The second kappa shape index (κ2) is 6.65. The van der Waals surface area contributed by atoms with E-state index >= 15 is 0 Å². The number of likely N-dealkylation sites (tertiary alicyclic amines) is 1. The van der Waals surface area contributed by atoms with Crippen molar-refractivity contribution in [1.29, 1.82) is 0 Å². The fraction of sp³-hybridized carbons (Fsp3) is 0.529. The molecule has 2 radical (unpaired) electrons. The molecule has 0 amide bonds. The van der Waals surface area contributed by atoms with Crippen LogP contribution in [0.3, 0.4) is 0 Å². The summed E-state index contributed by atoms with van der Waals surface area (Å²) in [7, 11) is 7.72. The lowest BCUT2D eigenvalue weighted by molar-refractivity contribution is 0.0229. The second-order valence-corrected chi connectivity index (χ2v) is 6.27. The van der Waals surface area contributed by atoms with Crippen LogP contribution in [-0.2, 0) is 6.42 Å². The molecule has 0 aliphatic carbocycles. The van der Waals surface area contributed by atoms with Crippen LogP contribution in [0.15, 0.2) is 30.1 Å². The fourth-order valence-corrected chi connectivity index (χ4v) is 2.98. The highest BCUT2D eigenvalue weighted by Gasteiger charge is 2.30. The number of hydrogen-bond donors (Lipinski definition) is 1. The molecule has 1 aromatic rings. The normalized spacial score (nSPS) is 18.8. The highest BCUT2D eigenvalue weighted by molar-refractivity contribution is 6.08. The summed E-state index contributed by atoms with van der Waals surface area (Å²) < 4.78 is 6.11. The van der Waals surface area contributed by atoms with Crippen LogP contribution in [0.1, 0.15) is 11.1 Å². The number of benzene rings is 1. The Morgan fingerprint density at radius 3 is 2.82 bits per heavy atom. The minimum atomic E-state index is 0.305. The van der Waals surface area contributed by atoms with Gasteiger partial charge in [-0.25, -0.2) is 0 Å². The third-order valence-corrected chi connectivity index (χ3v) is 4.36. The molecule has 0 bridgehead atoms. The van der Waals surface area contributed by atoms with Gasteiger partial charge in [-0.15, -0.1) is 0 Å². The first-order valence-corrected chi connectivity index (χ1v) is 7.98. The lowest BCUT2D eigenvalue weighted by Gasteiger charge is -2.40. The Morgan fingerprint density at radius 1 is 1.36 bits per heavy atom. The van der Waals surface area contributed by atoms with E-state index in [1.165, 1.54) is 16.8 Å². The van der Waals surface area contributed by atoms with Crippen molar-refractivity contribution in [2.75, 3.05) is 33.4 Å². The summed E-state index contributed by atoms with van der Waals surface area (Å²) in [4.78, 5) is 4.66. The molecule has 0 spiro atoms. The van der Waals surface area contributed by atoms with Gasteiger partial charge in [-0.2, -0.15) is 0 Å². The molecule has 2 aliphatic rings. The molecular weight excluding hydrogens is 273 g/mol. The molecule has 5 heteroatoms. The SMILES string of the molecule is [B]CCc1ccc(OC2CN(CC3=CNCN3C)C2)c(C)c1. The molecule has 0 aromatic heterocycles. The van der Waals surface area contributed by atoms with Gasteiger partial charge in [0.15, 0.2) is 0 Å². The van der Waals surface area contributed by atoms with E-state index < -0.39 is 0 Å². The van der Waals surface area contributed by atoms with Gasteiger partial charge in [0, 0.05) is 38.6 Å². The minimum absolute atomic E-state index is 0.305. The minimum Gasteiger partial charge on any atom is -0.487 e. The summed E-state index contributed by atoms with van der Waals surface area (Å²) >= 11 is 0. The highest BCUT2D eigenvalue weighted by Crippen LogP contribution is 2.24. The fourth-order valence-electron chi connectivity index (χ4n) is 2.98. The van der Waals surface area contributed by atoms with E-state index in [4.69, 9.17) is 12.6 Å². The smallest absolute Gasteiger partial charge is 0.124 e. The van der Waals surface area contributed by atoms with Crippen LogP contribution in [0.5, 0.6) is 5.75 Å². The topological polar surface area (TPSA) is 27.7 Å². The molecule has 0 saturated carbocycles. The first kappa shape index (κ1) is 15.3. The number of aryl methyl sites for hydroxylation is 2. The summed E-state index contributed by atoms with van der Waals surface area (Å²) in [5, 5.41) is 3.25. The second-order valence-electron chi connectivity index (χ2n) is 6.27. The van der Waals surface area contributed by atoms with Gasteiger partial charge in [0.25, 0.3) is 0 Å². The Morgan fingerprint density at radius 2 is 2.18 bits per heavy atom. The zero-order valence-corrected chi connectivity index (χ0v) is 13.5.